The lowest BCUT2D eigenvalue weighted by molar-refractivity contribution is -0.117. The van der Waals surface area contributed by atoms with Crippen LogP contribution in [-0.2, 0) is 17.8 Å². The minimum absolute atomic E-state index is 0.0402. The van der Waals surface area contributed by atoms with Gasteiger partial charge in [-0.25, -0.2) is 4.68 Å². The zero-order chi connectivity index (χ0) is 24.4. The van der Waals surface area contributed by atoms with Gasteiger partial charge in [-0.15, -0.1) is 0 Å². The molecule has 8 heteroatoms. The molecule has 0 spiro atoms. The Labute approximate surface area is 204 Å². The first-order valence-corrected chi connectivity index (χ1v) is 11.8. The van der Waals surface area contributed by atoms with E-state index in [4.69, 9.17) is 0 Å². The van der Waals surface area contributed by atoms with E-state index in [1.807, 2.05) is 67.1 Å². The summed E-state index contributed by atoms with van der Waals surface area (Å²) in [7, 11) is 0. The molecule has 2 aromatic heterocycles. The van der Waals surface area contributed by atoms with E-state index in [2.05, 4.69) is 33.0 Å². The highest BCUT2D eigenvalue weighted by Gasteiger charge is 2.31. The van der Waals surface area contributed by atoms with E-state index >= 15 is 0 Å². The van der Waals surface area contributed by atoms with E-state index < -0.39 is 0 Å². The number of nitrogens with zero attached hydrogens (tertiary/aromatic N) is 4. The van der Waals surface area contributed by atoms with Gasteiger partial charge in [0.2, 0.25) is 5.91 Å². The van der Waals surface area contributed by atoms with E-state index in [1.165, 1.54) is 5.56 Å². The maximum Gasteiger partial charge on any atom is 0.276 e. The highest BCUT2D eigenvalue weighted by atomic mass is 16.2. The second-order valence-corrected chi connectivity index (χ2v) is 8.88. The molecule has 4 aromatic rings. The molecule has 0 aliphatic heterocycles. The topological polar surface area (TPSA) is 93.8 Å². The normalized spacial score (nSPS) is 13.0. The van der Waals surface area contributed by atoms with Crippen molar-refractivity contribution in [3.63, 3.8) is 0 Å². The Hall–Kier alpha value is -4.20. The average Bonchev–Trinajstić information content (AvgIpc) is 3.60. The summed E-state index contributed by atoms with van der Waals surface area (Å²) in [5.74, 6) is 0.125. The van der Waals surface area contributed by atoms with Crippen molar-refractivity contribution in [1.29, 1.82) is 0 Å². The van der Waals surface area contributed by atoms with Crippen molar-refractivity contribution in [1.82, 2.24) is 19.6 Å². The molecule has 0 bridgehead atoms. The third kappa shape index (κ3) is 5.01. The molecule has 1 aliphatic rings. The summed E-state index contributed by atoms with van der Waals surface area (Å²) in [4.78, 5) is 25.6. The molecule has 0 unspecified atom stereocenters. The van der Waals surface area contributed by atoms with Crippen LogP contribution in [0, 0.1) is 19.8 Å². The molecule has 1 aliphatic carbocycles. The molecule has 0 saturated heterocycles. The molecule has 5 rings (SSSR count). The predicted molar refractivity (Wildman–Crippen MR) is 135 cm³/mol. The second-order valence-electron chi connectivity index (χ2n) is 8.88. The Morgan fingerprint density at radius 1 is 0.943 bits per heavy atom. The Bertz CT molecular complexity index is 1350. The fourth-order valence-corrected chi connectivity index (χ4v) is 4.07. The average molecular weight is 469 g/mol. The van der Waals surface area contributed by atoms with Crippen LogP contribution in [-0.4, -0.2) is 31.4 Å². The van der Waals surface area contributed by atoms with Crippen molar-refractivity contribution in [2.24, 2.45) is 5.92 Å². The molecule has 1 saturated carbocycles. The van der Waals surface area contributed by atoms with E-state index in [9.17, 15) is 9.59 Å². The first kappa shape index (κ1) is 22.6. The Balaban J connectivity index is 1.36. The van der Waals surface area contributed by atoms with E-state index in [-0.39, 0.29) is 23.4 Å². The van der Waals surface area contributed by atoms with Gasteiger partial charge in [-0.1, -0.05) is 48.5 Å². The predicted octanol–water partition coefficient (Wildman–Crippen LogP) is 4.53. The van der Waals surface area contributed by atoms with Gasteiger partial charge in [0.15, 0.2) is 5.69 Å². The van der Waals surface area contributed by atoms with Gasteiger partial charge in [0.05, 0.1) is 22.8 Å². The number of hydrogen-bond acceptors (Lipinski definition) is 4. The van der Waals surface area contributed by atoms with Gasteiger partial charge in [-0.2, -0.15) is 10.2 Å². The largest absolute Gasteiger partial charge is 0.317 e. The molecule has 0 radical (unpaired) electrons. The van der Waals surface area contributed by atoms with Crippen LogP contribution in [0.15, 0.2) is 66.7 Å². The van der Waals surface area contributed by atoms with Gasteiger partial charge >= 0.3 is 0 Å². The van der Waals surface area contributed by atoms with Crippen molar-refractivity contribution in [3.8, 4) is 5.69 Å². The molecule has 35 heavy (non-hydrogen) atoms. The molecule has 178 valence electrons. The fraction of sp³-hybridized carbons (Fsp3) is 0.259. The molecule has 2 amide bonds. The van der Waals surface area contributed by atoms with Crippen LogP contribution in [0.4, 0.5) is 11.5 Å². The highest BCUT2D eigenvalue weighted by Crippen LogP contribution is 2.31. The number of aryl methyl sites for hydroxylation is 3. The molecular formula is C27H28N6O2. The number of carbonyl (C=O) groups excluding carboxylic acids is 2. The number of nitrogens with one attached hydrogen (secondary N) is 2. The summed E-state index contributed by atoms with van der Waals surface area (Å²) in [6, 6.07) is 21.3. The van der Waals surface area contributed by atoms with E-state index in [1.54, 1.807) is 10.7 Å². The Morgan fingerprint density at radius 2 is 1.63 bits per heavy atom. The van der Waals surface area contributed by atoms with Gasteiger partial charge in [-0.3, -0.25) is 14.3 Å². The van der Waals surface area contributed by atoms with Crippen molar-refractivity contribution in [2.45, 2.75) is 39.7 Å². The van der Waals surface area contributed by atoms with Crippen LogP contribution in [0.2, 0.25) is 0 Å². The van der Waals surface area contributed by atoms with Crippen LogP contribution in [0.5, 0.6) is 0 Å². The Kier molecular flexibility index (Phi) is 6.18. The van der Waals surface area contributed by atoms with Crippen LogP contribution in [0.3, 0.4) is 0 Å². The van der Waals surface area contributed by atoms with Crippen molar-refractivity contribution in [3.05, 3.63) is 89.4 Å². The third-order valence-corrected chi connectivity index (χ3v) is 6.22. The van der Waals surface area contributed by atoms with Gasteiger partial charge in [0.25, 0.3) is 5.91 Å². The van der Waals surface area contributed by atoms with Gasteiger partial charge in [0.1, 0.15) is 5.82 Å². The SMILES string of the molecule is Cc1nn(CCc2ccccc2)c(C)c1NC(=O)c1cc(NC(=O)C2CC2)n(-c2ccccc2)n1. The number of anilines is 2. The zero-order valence-electron chi connectivity index (χ0n) is 19.9. The quantitative estimate of drug-likeness (QED) is 0.397. The standard InChI is InChI=1S/C27H28N6O2/c1-18-25(19(2)32(30-18)16-15-20-9-5-3-6-10-20)29-27(35)23-17-24(28-26(34)21-13-14-21)33(31-23)22-11-7-4-8-12-22/h3-12,17,21H,13-16H2,1-2H3,(H,28,34)(H,29,35). The zero-order valence-corrected chi connectivity index (χ0v) is 19.9. The maximum absolute atomic E-state index is 13.2. The monoisotopic (exact) mass is 468 g/mol. The van der Waals surface area contributed by atoms with Crippen LogP contribution in [0.25, 0.3) is 5.69 Å². The Morgan fingerprint density at radius 3 is 2.31 bits per heavy atom. The third-order valence-electron chi connectivity index (χ3n) is 6.22. The molecule has 8 nitrogen and oxygen atoms in total. The van der Waals surface area contributed by atoms with Crippen LogP contribution in [0.1, 0.15) is 40.3 Å². The van der Waals surface area contributed by atoms with Crippen LogP contribution < -0.4 is 10.6 Å². The molecule has 0 atom stereocenters. The molecule has 2 heterocycles. The summed E-state index contributed by atoms with van der Waals surface area (Å²) >= 11 is 0. The van der Waals surface area contributed by atoms with Crippen molar-refractivity contribution >= 4 is 23.3 Å². The van der Waals surface area contributed by atoms with Crippen molar-refractivity contribution < 1.29 is 9.59 Å². The van der Waals surface area contributed by atoms with Crippen LogP contribution >= 0.6 is 0 Å². The number of benzene rings is 2. The van der Waals surface area contributed by atoms with Gasteiger partial charge < -0.3 is 10.6 Å². The summed E-state index contributed by atoms with van der Waals surface area (Å²) in [5, 5.41) is 15.1. The van der Waals surface area contributed by atoms with Gasteiger partial charge in [0, 0.05) is 18.5 Å². The highest BCUT2D eigenvalue weighted by molar-refractivity contribution is 6.04. The second kappa shape index (κ2) is 9.58. The number of carbonyl (C=O) groups is 2. The summed E-state index contributed by atoms with van der Waals surface area (Å²) in [6.07, 6.45) is 2.64. The summed E-state index contributed by atoms with van der Waals surface area (Å²) < 4.78 is 3.51. The number of hydrogen-bond donors (Lipinski definition) is 2. The molecule has 2 aromatic carbocycles. The first-order valence-electron chi connectivity index (χ1n) is 11.8. The van der Waals surface area contributed by atoms with Crippen molar-refractivity contribution in [2.75, 3.05) is 10.6 Å². The smallest absolute Gasteiger partial charge is 0.276 e. The van der Waals surface area contributed by atoms with E-state index in [0.29, 0.717) is 18.1 Å². The van der Waals surface area contributed by atoms with E-state index in [0.717, 1.165) is 36.3 Å². The lowest BCUT2D eigenvalue weighted by Gasteiger charge is -2.08. The minimum atomic E-state index is -0.351. The number of amides is 2. The molecule has 2 N–H and O–H groups in total. The summed E-state index contributed by atoms with van der Waals surface area (Å²) in [6.45, 7) is 4.54. The first-order chi connectivity index (χ1) is 17.0. The number of aromatic nitrogens is 4. The molecule has 1 fully saturated rings. The number of para-hydroxylation sites is 1. The molecular weight excluding hydrogens is 440 g/mol. The summed E-state index contributed by atoms with van der Waals surface area (Å²) in [5.41, 5.74) is 4.53. The number of rotatable bonds is 8. The lowest BCUT2D eigenvalue weighted by atomic mass is 10.1. The fourth-order valence-electron chi connectivity index (χ4n) is 4.07. The maximum atomic E-state index is 13.2. The minimum Gasteiger partial charge on any atom is -0.317 e. The van der Waals surface area contributed by atoms with Gasteiger partial charge in [-0.05, 0) is 50.8 Å². The lowest BCUT2D eigenvalue weighted by Crippen LogP contribution is -2.16.